The van der Waals surface area contributed by atoms with Crippen molar-refractivity contribution >= 4 is 69.6 Å². The van der Waals surface area contributed by atoms with Crippen LogP contribution in [0.2, 0.25) is 0 Å². The lowest BCUT2D eigenvalue weighted by Crippen LogP contribution is -2.64. The van der Waals surface area contributed by atoms with Crippen LogP contribution in [-0.4, -0.2) is 36.5 Å². The fourth-order valence-electron chi connectivity index (χ4n) is 6.79. The van der Waals surface area contributed by atoms with Gasteiger partial charge in [-0.3, -0.25) is 0 Å². The summed E-state index contributed by atoms with van der Waals surface area (Å²) in [5.41, 5.74) is 0. The van der Waals surface area contributed by atoms with Crippen LogP contribution in [0.1, 0.15) is 0 Å². The molecule has 104 valence electrons. The van der Waals surface area contributed by atoms with Crippen LogP contribution in [0.3, 0.4) is 0 Å². The van der Waals surface area contributed by atoms with Gasteiger partial charge in [-0.05, 0) is 29.6 Å². The maximum absolute atomic E-state index is 6.99. The number of alkyl halides is 6. The van der Waals surface area contributed by atoms with E-state index >= 15 is 0 Å². The van der Waals surface area contributed by atoms with Gasteiger partial charge < -0.3 is 4.74 Å². The van der Waals surface area contributed by atoms with E-state index in [9.17, 15) is 0 Å². The highest BCUT2D eigenvalue weighted by Crippen LogP contribution is 2.94. The van der Waals surface area contributed by atoms with E-state index in [1.54, 1.807) is 0 Å². The molecule has 11 atom stereocenters. The molecule has 1 saturated heterocycles. The van der Waals surface area contributed by atoms with Crippen LogP contribution < -0.4 is 0 Å². The molecule has 0 spiro atoms. The van der Waals surface area contributed by atoms with E-state index in [4.69, 9.17) is 74.3 Å². The fraction of sp³-hybridized carbons (Fsp3) is 1.00. The van der Waals surface area contributed by atoms with Crippen molar-refractivity contribution in [3.05, 3.63) is 0 Å². The minimum atomic E-state index is -1.29. The second kappa shape index (κ2) is 2.68. The van der Waals surface area contributed by atoms with Gasteiger partial charge in [0, 0.05) is 0 Å². The first-order chi connectivity index (χ1) is 8.75. The Bertz CT molecular complexity index is 552. The second-order valence-electron chi connectivity index (χ2n) is 6.98. The lowest BCUT2D eigenvalue weighted by Gasteiger charge is -2.53. The zero-order chi connectivity index (χ0) is 13.3. The average molecular weight is 381 g/mol. The summed E-state index contributed by atoms with van der Waals surface area (Å²) in [7, 11) is 0. The lowest BCUT2D eigenvalue weighted by atomic mass is 9.62. The Morgan fingerprint density at radius 2 is 1.32 bits per heavy atom. The van der Waals surface area contributed by atoms with Gasteiger partial charge in [0.1, 0.15) is 9.75 Å². The Kier molecular flexibility index (Phi) is 1.72. The first-order valence-electron chi connectivity index (χ1n) is 6.49. The molecule has 6 aliphatic rings. The molecule has 5 aliphatic carbocycles. The first kappa shape index (κ1) is 12.2. The molecule has 0 aromatic rings. The standard InChI is InChI=1S/C12H8Cl6O/c13-8-9(14)3-1-4-5(2(3)7-6(1)19-7)11(9,16)12(17,18)10(4,8)15/h1-8H/t1?,2-,3-,4?,5-,6+,7?,8?,9-,10-,11-/m0/s1. The molecule has 4 unspecified atom stereocenters. The number of fused-ring (bicyclic) bond motifs is 5. The van der Waals surface area contributed by atoms with Crippen molar-refractivity contribution in [1.82, 2.24) is 0 Å². The molecular weight excluding hydrogens is 373 g/mol. The summed E-state index contributed by atoms with van der Waals surface area (Å²) in [6, 6.07) is 0. The van der Waals surface area contributed by atoms with Crippen LogP contribution in [-0.2, 0) is 4.74 Å². The maximum atomic E-state index is 6.99. The molecule has 6 rings (SSSR count). The van der Waals surface area contributed by atoms with Gasteiger partial charge in [-0.2, -0.15) is 0 Å². The largest absolute Gasteiger partial charge is 0.369 e. The summed E-state index contributed by atoms with van der Waals surface area (Å²) in [4.78, 5) is -2.70. The molecule has 5 saturated carbocycles. The molecule has 0 aromatic heterocycles. The van der Waals surface area contributed by atoms with Gasteiger partial charge in [0.25, 0.3) is 0 Å². The molecule has 1 aliphatic heterocycles. The van der Waals surface area contributed by atoms with Gasteiger partial charge in [0.2, 0.25) is 0 Å². The zero-order valence-electron chi connectivity index (χ0n) is 9.29. The Labute approximate surface area is 140 Å². The number of hydrogen-bond donors (Lipinski definition) is 0. The molecule has 19 heavy (non-hydrogen) atoms. The number of hydrogen-bond acceptors (Lipinski definition) is 1. The predicted molar refractivity (Wildman–Crippen MR) is 75.9 cm³/mol. The minimum absolute atomic E-state index is 0.128. The van der Waals surface area contributed by atoms with Crippen LogP contribution in [0.5, 0.6) is 0 Å². The summed E-state index contributed by atoms with van der Waals surface area (Å²) in [6.07, 6.45) is 0.556. The molecule has 0 N–H and O–H groups in total. The van der Waals surface area contributed by atoms with Gasteiger partial charge in [0.15, 0.2) is 4.33 Å². The lowest BCUT2D eigenvalue weighted by molar-refractivity contribution is 0.0874. The molecule has 1 heterocycles. The highest BCUT2D eigenvalue weighted by molar-refractivity contribution is 6.63. The molecule has 1 nitrogen and oxygen atoms in total. The monoisotopic (exact) mass is 378 g/mol. The second-order valence-corrected chi connectivity index (χ2v) is 10.6. The number of ether oxygens (including phenoxy) is 1. The Morgan fingerprint density at radius 1 is 0.737 bits per heavy atom. The third-order valence-corrected chi connectivity index (χ3v) is 12.0. The molecule has 6 bridgehead atoms. The van der Waals surface area contributed by atoms with Crippen molar-refractivity contribution in [2.24, 2.45) is 29.6 Å². The van der Waals surface area contributed by atoms with E-state index in [-0.39, 0.29) is 30.0 Å². The van der Waals surface area contributed by atoms with Crippen molar-refractivity contribution in [1.29, 1.82) is 0 Å². The smallest absolute Gasteiger partial charge is 0.160 e. The van der Waals surface area contributed by atoms with E-state index in [1.807, 2.05) is 0 Å². The van der Waals surface area contributed by atoms with E-state index < -0.39 is 24.3 Å². The van der Waals surface area contributed by atoms with Gasteiger partial charge >= 0.3 is 0 Å². The molecule has 0 amide bonds. The van der Waals surface area contributed by atoms with Crippen LogP contribution >= 0.6 is 69.6 Å². The SMILES string of the molecule is ClC1[C@@]2(Cl)C3C4[C@H]5OC5[C@@H]5[C@@H]3[C@@](Cl)(C2(Cl)Cl)[C@]1(Cl)[C@@H]45. The number of epoxide rings is 1. The molecular formula is C12H8Cl6O. The third-order valence-electron chi connectivity index (χ3n) is 7.03. The van der Waals surface area contributed by atoms with Crippen LogP contribution in [0.15, 0.2) is 0 Å². The van der Waals surface area contributed by atoms with Crippen molar-refractivity contribution in [2.75, 3.05) is 0 Å². The van der Waals surface area contributed by atoms with Crippen LogP contribution in [0.4, 0.5) is 0 Å². The number of halogens is 6. The Morgan fingerprint density at radius 3 is 1.95 bits per heavy atom. The average Bonchev–Trinajstić information content (AvgIpc) is 2.89. The predicted octanol–water partition coefficient (Wildman–Crippen LogP) is 3.62. The van der Waals surface area contributed by atoms with Crippen LogP contribution in [0, 0.1) is 29.6 Å². The maximum Gasteiger partial charge on any atom is 0.160 e. The summed E-state index contributed by atoms with van der Waals surface area (Å²) < 4.78 is 4.49. The van der Waals surface area contributed by atoms with Crippen molar-refractivity contribution in [3.63, 3.8) is 0 Å². The molecule has 7 heteroatoms. The van der Waals surface area contributed by atoms with Gasteiger partial charge in [-0.15, -0.1) is 46.4 Å². The van der Waals surface area contributed by atoms with E-state index in [2.05, 4.69) is 0 Å². The van der Waals surface area contributed by atoms with Crippen molar-refractivity contribution < 1.29 is 4.74 Å². The quantitative estimate of drug-likeness (QED) is 0.462. The fourth-order valence-corrected chi connectivity index (χ4v) is 10.8. The molecule has 0 aromatic carbocycles. The van der Waals surface area contributed by atoms with Crippen LogP contribution in [0.25, 0.3) is 0 Å². The van der Waals surface area contributed by atoms with E-state index in [0.717, 1.165) is 0 Å². The topological polar surface area (TPSA) is 12.5 Å². The van der Waals surface area contributed by atoms with Gasteiger partial charge in [-0.1, -0.05) is 23.2 Å². The Balaban J connectivity index is 1.75. The van der Waals surface area contributed by atoms with Crippen molar-refractivity contribution in [2.45, 2.75) is 36.5 Å². The highest BCUT2D eigenvalue weighted by Gasteiger charge is 3.04. The molecule has 0 radical (unpaired) electrons. The minimum Gasteiger partial charge on any atom is -0.369 e. The summed E-state index contributed by atoms with van der Waals surface area (Å²) in [5.74, 6) is 1.17. The normalized spacial score (nSPS) is 83.1. The summed E-state index contributed by atoms with van der Waals surface area (Å²) >= 11 is 40.8. The van der Waals surface area contributed by atoms with Crippen molar-refractivity contribution in [3.8, 4) is 0 Å². The molecule has 6 fully saturated rings. The Hall–Kier alpha value is 1.70. The first-order valence-corrected chi connectivity index (χ1v) is 8.82. The zero-order valence-corrected chi connectivity index (χ0v) is 13.8. The van der Waals surface area contributed by atoms with E-state index in [1.165, 1.54) is 0 Å². The third kappa shape index (κ3) is 0.718. The number of rotatable bonds is 0. The van der Waals surface area contributed by atoms with Gasteiger partial charge in [0.05, 0.1) is 22.5 Å². The van der Waals surface area contributed by atoms with Gasteiger partial charge in [-0.25, -0.2) is 0 Å². The highest BCUT2D eigenvalue weighted by atomic mass is 35.5. The van der Waals surface area contributed by atoms with E-state index in [0.29, 0.717) is 11.8 Å². The summed E-state index contributed by atoms with van der Waals surface area (Å²) in [6.45, 7) is 0. The summed E-state index contributed by atoms with van der Waals surface area (Å²) in [5, 5.41) is -0.499.